The van der Waals surface area contributed by atoms with Crippen molar-refractivity contribution < 1.29 is 9.53 Å². The van der Waals surface area contributed by atoms with E-state index in [4.69, 9.17) is 4.74 Å². The van der Waals surface area contributed by atoms with Crippen molar-refractivity contribution in [1.82, 2.24) is 9.97 Å². The summed E-state index contributed by atoms with van der Waals surface area (Å²) < 4.78 is 4.92. The largest absolute Gasteiger partial charge is 0.460 e. The first-order valence-corrected chi connectivity index (χ1v) is 6.34. The van der Waals surface area contributed by atoms with Crippen LogP contribution in [0.2, 0.25) is 0 Å². The second kappa shape index (κ2) is 5.26. The minimum Gasteiger partial charge on any atom is -0.460 e. The number of aryl methyl sites for hydroxylation is 1. The number of benzene rings is 1. The molecule has 0 aliphatic carbocycles. The first kappa shape index (κ1) is 13.3. The van der Waals surface area contributed by atoms with Crippen molar-refractivity contribution in [1.29, 1.82) is 0 Å². The molecule has 0 spiro atoms. The quantitative estimate of drug-likeness (QED) is 0.860. The van der Waals surface area contributed by atoms with Crippen molar-refractivity contribution in [2.75, 3.05) is 6.61 Å². The highest BCUT2D eigenvalue weighted by Gasteiger charge is 2.13. The molecule has 0 fully saturated rings. The summed E-state index contributed by atoms with van der Waals surface area (Å²) in [6, 6.07) is 4.11. The van der Waals surface area contributed by atoms with Crippen molar-refractivity contribution in [2.24, 2.45) is 0 Å². The van der Waals surface area contributed by atoms with Crippen LogP contribution in [0.4, 0.5) is 0 Å². The molecule has 1 N–H and O–H groups in total. The molecule has 4 nitrogen and oxygen atoms in total. The Bertz CT molecular complexity index is 615. The van der Waals surface area contributed by atoms with E-state index in [2.05, 4.69) is 36.8 Å². The van der Waals surface area contributed by atoms with Crippen LogP contribution in [0.1, 0.15) is 34.2 Å². The maximum Gasteiger partial charge on any atom is 0.374 e. The van der Waals surface area contributed by atoms with Gasteiger partial charge in [-0.1, -0.05) is 12.1 Å². The van der Waals surface area contributed by atoms with Gasteiger partial charge in [0, 0.05) is 5.56 Å². The lowest BCUT2D eigenvalue weighted by Gasteiger charge is -2.09. The highest BCUT2D eigenvalue weighted by atomic mass is 16.5. The normalized spacial score (nSPS) is 10.5. The molecule has 4 heteroatoms. The summed E-state index contributed by atoms with van der Waals surface area (Å²) >= 11 is 0. The minimum absolute atomic E-state index is 0.245. The number of nitrogens with one attached hydrogen (secondary N) is 1. The van der Waals surface area contributed by atoms with Crippen molar-refractivity contribution in [2.45, 2.75) is 27.7 Å². The zero-order valence-corrected chi connectivity index (χ0v) is 11.7. The maximum absolute atomic E-state index is 11.6. The summed E-state index contributed by atoms with van der Waals surface area (Å²) in [5.74, 6) is -0.176. The van der Waals surface area contributed by atoms with Gasteiger partial charge in [0.15, 0.2) is 0 Å². The molecule has 100 valence electrons. The zero-order valence-electron chi connectivity index (χ0n) is 11.7. The van der Waals surface area contributed by atoms with Crippen LogP contribution in [0.15, 0.2) is 18.3 Å². The molecule has 0 aliphatic rings. The first-order valence-electron chi connectivity index (χ1n) is 6.34. The summed E-state index contributed by atoms with van der Waals surface area (Å²) in [5, 5.41) is 0. The molecular weight excluding hydrogens is 240 g/mol. The number of imidazole rings is 1. The smallest absolute Gasteiger partial charge is 0.374 e. The fourth-order valence-electron chi connectivity index (χ4n) is 2.01. The van der Waals surface area contributed by atoms with E-state index in [-0.39, 0.29) is 5.82 Å². The second-order valence-corrected chi connectivity index (χ2v) is 4.55. The molecule has 1 aromatic heterocycles. The second-order valence-electron chi connectivity index (χ2n) is 4.55. The molecule has 0 bridgehead atoms. The Morgan fingerprint density at radius 3 is 2.68 bits per heavy atom. The standard InChI is InChI=1S/C15H18N2O2/c1-5-19-15(18)14-16-8-13(17-14)12-7-6-9(2)10(3)11(12)4/h6-8H,5H2,1-4H3,(H,16,17). The Morgan fingerprint density at radius 1 is 1.26 bits per heavy atom. The molecule has 0 atom stereocenters. The molecule has 2 rings (SSSR count). The third-order valence-electron chi connectivity index (χ3n) is 3.39. The van der Waals surface area contributed by atoms with Gasteiger partial charge < -0.3 is 9.72 Å². The van der Waals surface area contributed by atoms with Gasteiger partial charge in [-0.25, -0.2) is 9.78 Å². The lowest BCUT2D eigenvalue weighted by molar-refractivity contribution is 0.0513. The highest BCUT2D eigenvalue weighted by molar-refractivity contribution is 5.86. The maximum atomic E-state index is 11.6. The van der Waals surface area contributed by atoms with Gasteiger partial charge in [0.25, 0.3) is 0 Å². The van der Waals surface area contributed by atoms with Gasteiger partial charge in [0.1, 0.15) is 0 Å². The van der Waals surface area contributed by atoms with E-state index in [1.807, 2.05) is 6.07 Å². The lowest BCUT2D eigenvalue weighted by Crippen LogP contribution is -2.06. The Balaban J connectivity index is 2.38. The lowest BCUT2D eigenvalue weighted by atomic mass is 9.97. The predicted octanol–water partition coefficient (Wildman–Crippen LogP) is 3.18. The molecular formula is C15H18N2O2. The third kappa shape index (κ3) is 2.52. The van der Waals surface area contributed by atoms with E-state index in [1.54, 1.807) is 13.1 Å². The number of carbonyl (C=O) groups is 1. The molecule has 0 saturated heterocycles. The number of hydrogen-bond acceptors (Lipinski definition) is 3. The number of nitrogens with zero attached hydrogens (tertiary/aromatic N) is 1. The summed E-state index contributed by atoms with van der Waals surface area (Å²) in [6.45, 7) is 8.37. The number of ether oxygens (including phenoxy) is 1. The molecule has 0 saturated carbocycles. The van der Waals surface area contributed by atoms with Crippen LogP contribution in [0.25, 0.3) is 11.3 Å². The number of H-pyrrole nitrogens is 1. The molecule has 0 unspecified atom stereocenters. The Kier molecular flexibility index (Phi) is 3.69. The van der Waals surface area contributed by atoms with E-state index in [9.17, 15) is 4.79 Å². The average Bonchev–Trinajstić information content (AvgIpc) is 2.86. The SMILES string of the molecule is CCOC(=O)c1ncc(-c2ccc(C)c(C)c2C)[nH]1. The fourth-order valence-corrected chi connectivity index (χ4v) is 2.01. The first-order chi connectivity index (χ1) is 9.04. The molecule has 1 heterocycles. The number of aromatic nitrogens is 2. The van der Waals surface area contributed by atoms with Gasteiger partial charge in [-0.2, -0.15) is 0 Å². The molecule has 0 radical (unpaired) electrons. The number of carbonyl (C=O) groups excluding carboxylic acids is 1. The van der Waals surface area contributed by atoms with Crippen molar-refractivity contribution in [3.05, 3.63) is 40.8 Å². The van der Waals surface area contributed by atoms with Gasteiger partial charge in [-0.05, 0) is 44.4 Å². The molecule has 2 aromatic rings. The van der Waals surface area contributed by atoms with Crippen molar-refractivity contribution in [3.8, 4) is 11.3 Å². The monoisotopic (exact) mass is 258 g/mol. The summed E-state index contributed by atoms with van der Waals surface area (Å²) in [5.41, 5.74) is 5.60. The molecule has 1 aromatic carbocycles. The highest BCUT2D eigenvalue weighted by Crippen LogP contribution is 2.26. The van der Waals surface area contributed by atoms with Gasteiger partial charge in [0.05, 0.1) is 18.5 Å². The van der Waals surface area contributed by atoms with Gasteiger partial charge >= 0.3 is 5.97 Å². The Hall–Kier alpha value is -2.10. The average molecular weight is 258 g/mol. The summed E-state index contributed by atoms with van der Waals surface area (Å²) in [7, 11) is 0. The molecule has 0 amide bonds. The van der Waals surface area contributed by atoms with Crippen molar-refractivity contribution >= 4 is 5.97 Å². The molecule has 0 aliphatic heterocycles. The minimum atomic E-state index is -0.421. The Morgan fingerprint density at radius 2 is 2.00 bits per heavy atom. The van der Waals surface area contributed by atoms with E-state index < -0.39 is 5.97 Å². The summed E-state index contributed by atoms with van der Waals surface area (Å²) in [6.07, 6.45) is 1.67. The number of aromatic amines is 1. The van der Waals surface area contributed by atoms with Crippen LogP contribution in [0, 0.1) is 20.8 Å². The van der Waals surface area contributed by atoms with E-state index in [1.165, 1.54) is 16.7 Å². The van der Waals surface area contributed by atoms with Crippen LogP contribution >= 0.6 is 0 Å². The molecule has 19 heavy (non-hydrogen) atoms. The van der Waals surface area contributed by atoms with Gasteiger partial charge in [0.2, 0.25) is 5.82 Å². The van der Waals surface area contributed by atoms with E-state index in [0.29, 0.717) is 6.61 Å². The van der Waals surface area contributed by atoms with Crippen LogP contribution in [-0.4, -0.2) is 22.5 Å². The predicted molar refractivity (Wildman–Crippen MR) is 74.2 cm³/mol. The van der Waals surface area contributed by atoms with Crippen LogP contribution in [0.3, 0.4) is 0 Å². The third-order valence-corrected chi connectivity index (χ3v) is 3.39. The Labute approximate surface area is 112 Å². The van der Waals surface area contributed by atoms with Crippen molar-refractivity contribution in [3.63, 3.8) is 0 Å². The summed E-state index contributed by atoms with van der Waals surface area (Å²) in [4.78, 5) is 18.7. The van der Waals surface area contributed by atoms with Crippen LogP contribution < -0.4 is 0 Å². The fraction of sp³-hybridized carbons (Fsp3) is 0.333. The van der Waals surface area contributed by atoms with Gasteiger partial charge in [-0.15, -0.1) is 0 Å². The van der Waals surface area contributed by atoms with Crippen LogP contribution in [-0.2, 0) is 4.74 Å². The zero-order chi connectivity index (χ0) is 14.0. The number of hydrogen-bond donors (Lipinski definition) is 1. The van der Waals surface area contributed by atoms with E-state index in [0.717, 1.165) is 11.3 Å². The topological polar surface area (TPSA) is 55.0 Å². The number of rotatable bonds is 3. The van der Waals surface area contributed by atoms with E-state index >= 15 is 0 Å². The van der Waals surface area contributed by atoms with Crippen LogP contribution in [0.5, 0.6) is 0 Å². The van der Waals surface area contributed by atoms with Gasteiger partial charge in [-0.3, -0.25) is 0 Å². The number of esters is 1.